The van der Waals surface area contributed by atoms with Crippen molar-refractivity contribution in [3.05, 3.63) is 107 Å². The molecule has 0 spiro atoms. The normalized spacial score (nSPS) is 19.5. The van der Waals surface area contributed by atoms with Gasteiger partial charge in [0.2, 0.25) is 0 Å². The Morgan fingerprint density at radius 1 is 0.897 bits per heavy atom. The van der Waals surface area contributed by atoms with E-state index < -0.39 is 0 Å². The predicted octanol–water partition coefficient (Wildman–Crippen LogP) is 7.60. The number of nitrogens with one attached hydrogen (secondary N) is 1. The van der Waals surface area contributed by atoms with E-state index in [1.54, 1.807) is 0 Å². The van der Waals surface area contributed by atoms with Crippen LogP contribution in [0, 0.1) is 27.7 Å². The van der Waals surface area contributed by atoms with Gasteiger partial charge in [0.05, 0.1) is 29.6 Å². The summed E-state index contributed by atoms with van der Waals surface area (Å²) < 4.78 is 8.65. The first kappa shape index (κ1) is 25.6. The number of para-hydroxylation sites is 1. The Labute approximate surface area is 236 Å². The number of thiocarbonyl (C=S) groups is 1. The highest BCUT2D eigenvalue weighted by atomic mass is 32.1. The minimum Gasteiger partial charge on any atom is -0.490 e. The highest BCUT2D eigenvalue weighted by Gasteiger charge is 2.42. The minimum absolute atomic E-state index is 0.0572. The van der Waals surface area contributed by atoms with Crippen molar-refractivity contribution in [3.8, 4) is 11.4 Å². The zero-order valence-corrected chi connectivity index (χ0v) is 24.0. The van der Waals surface area contributed by atoms with Crippen molar-refractivity contribution in [1.29, 1.82) is 0 Å². The number of benzene rings is 2. The van der Waals surface area contributed by atoms with Gasteiger partial charge < -0.3 is 19.5 Å². The second kappa shape index (κ2) is 10.5. The van der Waals surface area contributed by atoms with E-state index in [0.29, 0.717) is 11.2 Å². The predicted molar refractivity (Wildman–Crippen MR) is 162 cm³/mol. The van der Waals surface area contributed by atoms with Crippen LogP contribution in [-0.4, -0.2) is 20.8 Å². The molecule has 4 aromatic rings. The van der Waals surface area contributed by atoms with Gasteiger partial charge in [-0.05, 0) is 125 Å². The van der Waals surface area contributed by atoms with Gasteiger partial charge in [-0.15, -0.1) is 0 Å². The average Bonchev–Trinajstić information content (AvgIpc) is 3.64. The quantitative estimate of drug-likeness (QED) is 0.257. The van der Waals surface area contributed by atoms with E-state index in [1.165, 1.54) is 46.6 Å². The molecule has 2 aliphatic rings. The van der Waals surface area contributed by atoms with Gasteiger partial charge in [0.15, 0.2) is 5.11 Å². The molecule has 200 valence electrons. The molecule has 0 amide bonds. The molecular weight excluding hydrogens is 500 g/mol. The van der Waals surface area contributed by atoms with E-state index in [9.17, 15) is 0 Å². The lowest BCUT2D eigenvalue weighted by molar-refractivity contribution is 0.210. The van der Waals surface area contributed by atoms with Crippen molar-refractivity contribution < 1.29 is 4.74 Å². The fraction of sp³-hybridized carbons (Fsp3) is 0.333. The summed E-state index contributed by atoms with van der Waals surface area (Å²) in [5.41, 5.74) is 9.47. The molecule has 1 saturated heterocycles. The van der Waals surface area contributed by atoms with Crippen molar-refractivity contribution in [3.63, 3.8) is 0 Å². The van der Waals surface area contributed by atoms with Crippen LogP contribution in [0.25, 0.3) is 5.69 Å². The molecule has 2 aromatic heterocycles. The summed E-state index contributed by atoms with van der Waals surface area (Å²) in [6, 6.07) is 23.2. The Morgan fingerprint density at radius 3 is 2.28 bits per heavy atom. The molecule has 1 aliphatic carbocycles. The topological polar surface area (TPSA) is 42.3 Å². The van der Waals surface area contributed by atoms with Gasteiger partial charge >= 0.3 is 0 Å². The summed E-state index contributed by atoms with van der Waals surface area (Å²) in [6.45, 7) is 8.79. The maximum atomic E-state index is 6.25. The molecular formula is C33H36N4OS. The van der Waals surface area contributed by atoms with Crippen LogP contribution in [0.3, 0.4) is 0 Å². The smallest absolute Gasteiger partial charge is 0.174 e. The number of hydrogen-bond donors (Lipinski definition) is 1. The summed E-state index contributed by atoms with van der Waals surface area (Å²) >= 11 is 5.99. The van der Waals surface area contributed by atoms with Crippen LogP contribution >= 0.6 is 12.2 Å². The van der Waals surface area contributed by atoms with Crippen molar-refractivity contribution in [2.24, 2.45) is 0 Å². The lowest BCUT2D eigenvalue weighted by atomic mass is 9.96. The van der Waals surface area contributed by atoms with E-state index in [-0.39, 0.29) is 12.1 Å². The maximum Gasteiger partial charge on any atom is 0.174 e. The number of ether oxygens (including phenoxy) is 1. The molecule has 6 rings (SSSR count). The minimum atomic E-state index is -0.0833. The first-order valence-electron chi connectivity index (χ1n) is 13.9. The van der Waals surface area contributed by atoms with Gasteiger partial charge in [-0.1, -0.05) is 24.3 Å². The molecule has 1 saturated carbocycles. The molecule has 39 heavy (non-hydrogen) atoms. The Kier molecular flexibility index (Phi) is 6.90. The highest BCUT2D eigenvalue weighted by molar-refractivity contribution is 7.80. The molecule has 0 bridgehead atoms. The van der Waals surface area contributed by atoms with Crippen molar-refractivity contribution >= 4 is 23.0 Å². The van der Waals surface area contributed by atoms with Crippen LogP contribution in [0.2, 0.25) is 0 Å². The number of nitrogens with zero attached hydrogens (tertiary/aromatic N) is 3. The Morgan fingerprint density at radius 2 is 1.62 bits per heavy atom. The standard InChI is InChI=1S/C33H36N4OS/c1-21-10-9-11-22(2)31(21)36-23(3)20-28(24(36)4)32-30(29-14-7-8-19-34-29)35-33(39)37(32)25-15-17-27(18-16-25)38-26-12-5-6-13-26/h7-11,14-20,26,30,32H,5-6,12-13H2,1-4H3,(H,35,39)/t30-,32+/m1/s1. The Hall–Kier alpha value is -3.64. The number of rotatable bonds is 6. The third kappa shape index (κ3) is 4.71. The number of anilines is 1. The molecule has 2 aromatic carbocycles. The lowest BCUT2D eigenvalue weighted by Gasteiger charge is -2.28. The Bertz CT molecular complexity index is 1470. The van der Waals surface area contributed by atoms with Gasteiger partial charge in [-0.2, -0.15) is 0 Å². The van der Waals surface area contributed by atoms with Crippen molar-refractivity contribution in [1.82, 2.24) is 14.9 Å². The van der Waals surface area contributed by atoms with Crippen LogP contribution in [0.1, 0.15) is 71.5 Å². The number of hydrogen-bond acceptors (Lipinski definition) is 3. The highest BCUT2D eigenvalue weighted by Crippen LogP contribution is 2.44. The summed E-state index contributed by atoms with van der Waals surface area (Å²) in [5.74, 6) is 0.926. The van der Waals surface area contributed by atoms with E-state index in [1.807, 2.05) is 18.3 Å². The van der Waals surface area contributed by atoms with E-state index >= 15 is 0 Å². The average molecular weight is 537 g/mol. The lowest BCUT2D eigenvalue weighted by Crippen LogP contribution is -2.29. The summed E-state index contributed by atoms with van der Waals surface area (Å²) in [5, 5.41) is 4.32. The molecule has 0 radical (unpaired) electrons. The molecule has 2 atom stereocenters. The molecule has 0 unspecified atom stereocenters. The summed E-state index contributed by atoms with van der Waals surface area (Å²) in [6.07, 6.45) is 7.00. The number of aromatic nitrogens is 2. The van der Waals surface area contributed by atoms with Crippen LogP contribution in [-0.2, 0) is 0 Å². The molecule has 6 heteroatoms. The second-order valence-electron chi connectivity index (χ2n) is 10.9. The number of aryl methyl sites for hydroxylation is 3. The third-order valence-electron chi connectivity index (χ3n) is 8.27. The maximum absolute atomic E-state index is 6.25. The zero-order chi connectivity index (χ0) is 27.1. The van der Waals surface area contributed by atoms with E-state index in [2.05, 4.69) is 97.1 Å². The molecule has 1 N–H and O–H groups in total. The summed E-state index contributed by atoms with van der Waals surface area (Å²) in [4.78, 5) is 7.00. The second-order valence-corrected chi connectivity index (χ2v) is 11.3. The van der Waals surface area contributed by atoms with Crippen molar-refractivity contribution in [2.45, 2.75) is 71.6 Å². The molecule has 5 nitrogen and oxygen atoms in total. The van der Waals surface area contributed by atoms with Crippen LogP contribution in [0.5, 0.6) is 5.75 Å². The molecule has 2 fully saturated rings. The fourth-order valence-electron chi connectivity index (χ4n) is 6.42. The van der Waals surface area contributed by atoms with Gasteiger partial charge in [0.1, 0.15) is 5.75 Å². The zero-order valence-electron chi connectivity index (χ0n) is 23.1. The van der Waals surface area contributed by atoms with Gasteiger partial charge in [0.25, 0.3) is 0 Å². The molecule has 1 aliphatic heterocycles. The van der Waals surface area contributed by atoms with Gasteiger partial charge in [0, 0.05) is 23.3 Å². The molecule has 3 heterocycles. The first-order chi connectivity index (χ1) is 18.9. The number of pyridine rings is 1. The fourth-order valence-corrected chi connectivity index (χ4v) is 6.77. The SMILES string of the molecule is Cc1cccc(C)c1-n1c(C)cc([C@H]2[C@@H](c3ccccn3)NC(=S)N2c2ccc(OC3CCCC3)cc2)c1C. The van der Waals surface area contributed by atoms with Crippen molar-refractivity contribution in [2.75, 3.05) is 4.90 Å². The largest absolute Gasteiger partial charge is 0.490 e. The van der Waals surface area contributed by atoms with Crippen LogP contribution < -0.4 is 15.0 Å². The van der Waals surface area contributed by atoms with E-state index in [0.717, 1.165) is 30.0 Å². The summed E-state index contributed by atoms with van der Waals surface area (Å²) in [7, 11) is 0. The first-order valence-corrected chi connectivity index (χ1v) is 14.4. The third-order valence-corrected chi connectivity index (χ3v) is 8.58. The van der Waals surface area contributed by atoms with E-state index in [4.69, 9.17) is 21.9 Å². The van der Waals surface area contributed by atoms with Crippen LogP contribution in [0.15, 0.2) is 72.9 Å². The van der Waals surface area contributed by atoms with Gasteiger partial charge in [-0.3, -0.25) is 4.98 Å². The monoisotopic (exact) mass is 536 g/mol. The van der Waals surface area contributed by atoms with Gasteiger partial charge in [-0.25, -0.2) is 0 Å². The van der Waals surface area contributed by atoms with Crippen LogP contribution in [0.4, 0.5) is 5.69 Å². The Balaban J connectivity index is 1.43.